The third-order valence-corrected chi connectivity index (χ3v) is 2.92. The van der Waals surface area contributed by atoms with Crippen LogP contribution in [0, 0.1) is 19.7 Å². The summed E-state index contributed by atoms with van der Waals surface area (Å²) in [7, 11) is 0. The molecule has 0 bridgehead atoms. The van der Waals surface area contributed by atoms with Crippen molar-refractivity contribution in [2.45, 2.75) is 20.3 Å². The van der Waals surface area contributed by atoms with E-state index in [1.165, 1.54) is 12.1 Å². The molecule has 0 radical (unpaired) electrons. The Morgan fingerprint density at radius 2 is 1.95 bits per heavy atom. The zero-order valence-corrected chi connectivity index (χ0v) is 11.0. The molecule has 0 unspecified atom stereocenters. The van der Waals surface area contributed by atoms with Gasteiger partial charge in [0.2, 0.25) is 5.91 Å². The van der Waals surface area contributed by atoms with Crippen molar-refractivity contribution in [3.05, 3.63) is 65.0 Å². The van der Waals surface area contributed by atoms with Crippen LogP contribution >= 0.6 is 0 Å². The van der Waals surface area contributed by atoms with Crippen LogP contribution in [0.2, 0.25) is 0 Å². The molecular formula is C16H16FNO. The van der Waals surface area contributed by atoms with Gasteiger partial charge in [0.05, 0.1) is 6.42 Å². The predicted molar refractivity (Wildman–Crippen MR) is 74.6 cm³/mol. The van der Waals surface area contributed by atoms with Crippen LogP contribution in [0.4, 0.5) is 10.1 Å². The zero-order valence-electron chi connectivity index (χ0n) is 11.0. The zero-order chi connectivity index (χ0) is 13.8. The van der Waals surface area contributed by atoms with E-state index in [-0.39, 0.29) is 18.1 Å². The van der Waals surface area contributed by atoms with E-state index in [1.54, 1.807) is 12.1 Å². The van der Waals surface area contributed by atoms with Crippen LogP contribution in [0.5, 0.6) is 0 Å². The maximum atomic E-state index is 13.0. The Kier molecular flexibility index (Phi) is 3.95. The fourth-order valence-corrected chi connectivity index (χ4v) is 1.90. The first-order chi connectivity index (χ1) is 9.04. The highest BCUT2D eigenvalue weighted by molar-refractivity contribution is 5.93. The number of carbonyl (C=O) groups is 1. The standard InChI is InChI=1S/C16H16FNO/c1-11-6-7-12(2)15(8-11)18-16(19)10-13-4-3-5-14(17)9-13/h3-9H,10H2,1-2H3,(H,18,19). The van der Waals surface area contributed by atoms with Gasteiger partial charge in [-0.25, -0.2) is 4.39 Å². The SMILES string of the molecule is Cc1ccc(C)c(NC(=O)Cc2cccc(F)c2)c1. The molecule has 3 heteroatoms. The highest BCUT2D eigenvalue weighted by Crippen LogP contribution is 2.16. The summed E-state index contributed by atoms with van der Waals surface area (Å²) >= 11 is 0. The first-order valence-corrected chi connectivity index (χ1v) is 6.16. The molecule has 2 rings (SSSR count). The molecule has 1 N–H and O–H groups in total. The van der Waals surface area contributed by atoms with Gasteiger partial charge in [0, 0.05) is 5.69 Å². The van der Waals surface area contributed by atoms with E-state index < -0.39 is 0 Å². The van der Waals surface area contributed by atoms with Crippen molar-refractivity contribution in [2.24, 2.45) is 0 Å². The topological polar surface area (TPSA) is 29.1 Å². The van der Waals surface area contributed by atoms with Crippen LogP contribution < -0.4 is 5.32 Å². The molecule has 0 aliphatic heterocycles. The van der Waals surface area contributed by atoms with Crippen molar-refractivity contribution in [2.75, 3.05) is 5.32 Å². The van der Waals surface area contributed by atoms with Crippen molar-refractivity contribution < 1.29 is 9.18 Å². The number of nitrogens with one attached hydrogen (secondary N) is 1. The van der Waals surface area contributed by atoms with Crippen LogP contribution in [-0.2, 0) is 11.2 Å². The lowest BCUT2D eigenvalue weighted by Gasteiger charge is -2.09. The Morgan fingerprint density at radius 3 is 2.68 bits per heavy atom. The molecule has 0 saturated heterocycles. The lowest BCUT2D eigenvalue weighted by molar-refractivity contribution is -0.115. The Labute approximate surface area is 112 Å². The van der Waals surface area contributed by atoms with Gasteiger partial charge in [0.25, 0.3) is 0 Å². The average molecular weight is 257 g/mol. The smallest absolute Gasteiger partial charge is 0.228 e. The van der Waals surface area contributed by atoms with E-state index in [9.17, 15) is 9.18 Å². The highest BCUT2D eigenvalue weighted by Gasteiger charge is 2.06. The van der Waals surface area contributed by atoms with Gasteiger partial charge < -0.3 is 5.32 Å². The molecule has 0 atom stereocenters. The molecule has 0 aliphatic carbocycles. The van der Waals surface area contributed by atoms with Crippen LogP contribution in [0.3, 0.4) is 0 Å². The molecule has 0 spiro atoms. The monoisotopic (exact) mass is 257 g/mol. The van der Waals surface area contributed by atoms with Crippen molar-refractivity contribution in [1.82, 2.24) is 0 Å². The van der Waals surface area contributed by atoms with E-state index in [2.05, 4.69) is 5.32 Å². The minimum atomic E-state index is -0.322. The van der Waals surface area contributed by atoms with Crippen LogP contribution in [-0.4, -0.2) is 5.91 Å². The van der Waals surface area contributed by atoms with Crippen molar-refractivity contribution in [3.8, 4) is 0 Å². The summed E-state index contributed by atoms with van der Waals surface area (Å²) in [5.74, 6) is -0.462. The quantitative estimate of drug-likeness (QED) is 0.894. The summed E-state index contributed by atoms with van der Waals surface area (Å²) in [4.78, 5) is 11.9. The lowest BCUT2D eigenvalue weighted by atomic mass is 10.1. The molecule has 2 aromatic rings. The van der Waals surface area contributed by atoms with Gasteiger partial charge in [0.1, 0.15) is 5.82 Å². The van der Waals surface area contributed by atoms with E-state index in [0.29, 0.717) is 5.56 Å². The highest BCUT2D eigenvalue weighted by atomic mass is 19.1. The van der Waals surface area contributed by atoms with Crippen LogP contribution in [0.1, 0.15) is 16.7 Å². The molecule has 0 fully saturated rings. The molecule has 2 nitrogen and oxygen atoms in total. The number of anilines is 1. The van der Waals surface area contributed by atoms with Gasteiger partial charge in [0.15, 0.2) is 0 Å². The first kappa shape index (κ1) is 13.3. The fraction of sp³-hybridized carbons (Fsp3) is 0.188. The molecule has 0 heterocycles. The number of aryl methyl sites for hydroxylation is 2. The van der Waals surface area contributed by atoms with Crippen molar-refractivity contribution >= 4 is 11.6 Å². The van der Waals surface area contributed by atoms with E-state index in [0.717, 1.165) is 16.8 Å². The Morgan fingerprint density at radius 1 is 1.16 bits per heavy atom. The second kappa shape index (κ2) is 5.65. The van der Waals surface area contributed by atoms with Crippen LogP contribution in [0.15, 0.2) is 42.5 Å². The summed E-state index contributed by atoms with van der Waals surface area (Å²) in [5, 5.41) is 2.86. The van der Waals surface area contributed by atoms with Crippen molar-refractivity contribution in [3.63, 3.8) is 0 Å². The Balaban J connectivity index is 2.07. The Bertz CT molecular complexity index is 607. The normalized spacial score (nSPS) is 10.3. The molecule has 1 amide bonds. The summed E-state index contributed by atoms with van der Waals surface area (Å²) < 4.78 is 13.0. The number of rotatable bonds is 3. The summed E-state index contributed by atoms with van der Waals surface area (Å²) in [6.07, 6.45) is 0.172. The van der Waals surface area contributed by atoms with E-state index in [4.69, 9.17) is 0 Å². The van der Waals surface area contributed by atoms with Gasteiger partial charge in [-0.3, -0.25) is 4.79 Å². The number of carbonyl (C=O) groups excluding carboxylic acids is 1. The minimum absolute atomic E-state index is 0.140. The van der Waals surface area contributed by atoms with Gasteiger partial charge >= 0.3 is 0 Å². The lowest BCUT2D eigenvalue weighted by Crippen LogP contribution is -2.15. The molecule has 19 heavy (non-hydrogen) atoms. The van der Waals surface area contributed by atoms with E-state index >= 15 is 0 Å². The molecule has 2 aromatic carbocycles. The minimum Gasteiger partial charge on any atom is -0.326 e. The summed E-state index contributed by atoms with van der Waals surface area (Å²) in [6.45, 7) is 3.92. The maximum absolute atomic E-state index is 13.0. The average Bonchev–Trinajstić information content (AvgIpc) is 2.34. The number of amides is 1. The first-order valence-electron chi connectivity index (χ1n) is 6.16. The van der Waals surface area contributed by atoms with Gasteiger partial charge in [-0.05, 0) is 48.7 Å². The van der Waals surface area contributed by atoms with Crippen molar-refractivity contribution in [1.29, 1.82) is 0 Å². The third-order valence-electron chi connectivity index (χ3n) is 2.92. The molecular weight excluding hydrogens is 241 g/mol. The maximum Gasteiger partial charge on any atom is 0.228 e. The molecule has 98 valence electrons. The number of benzene rings is 2. The predicted octanol–water partition coefficient (Wildman–Crippen LogP) is 3.62. The van der Waals surface area contributed by atoms with Crippen LogP contribution in [0.25, 0.3) is 0 Å². The number of halogens is 1. The molecule has 0 saturated carbocycles. The number of hydrogen-bond acceptors (Lipinski definition) is 1. The number of hydrogen-bond donors (Lipinski definition) is 1. The van der Waals surface area contributed by atoms with Gasteiger partial charge in [-0.15, -0.1) is 0 Å². The largest absolute Gasteiger partial charge is 0.326 e. The van der Waals surface area contributed by atoms with E-state index in [1.807, 2.05) is 32.0 Å². The summed E-state index contributed by atoms with van der Waals surface area (Å²) in [5.41, 5.74) is 3.58. The fourth-order valence-electron chi connectivity index (χ4n) is 1.90. The van der Waals surface area contributed by atoms with Gasteiger partial charge in [-0.1, -0.05) is 24.3 Å². The summed E-state index contributed by atoms with van der Waals surface area (Å²) in [6, 6.07) is 12.0. The third kappa shape index (κ3) is 3.65. The van der Waals surface area contributed by atoms with Gasteiger partial charge in [-0.2, -0.15) is 0 Å². The molecule has 0 aromatic heterocycles. The second-order valence-corrected chi connectivity index (χ2v) is 4.67. The Hall–Kier alpha value is -2.16. The molecule has 0 aliphatic rings. The second-order valence-electron chi connectivity index (χ2n) is 4.67.